The molecule has 1 heterocycles. The Kier molecular flexibility index (Phi) is 8.12. The van der Waals surface area contributed by atoms with Gasteiger partial charge in [0.2, 0.25) is 0 Å². The van der Waals surface area contributed by atoms with Crippen LogP contribution < -0.4 is 10.3 Å². The fourth-order valence-corrected chi connectivity index (χ4v) is 4.10. The molecule has 0 aliphatic carbocycles. The largest absolute Gasteiger partial charge is 0.488 e. The summed E-state index contributed by atoms with van der Waals surface area (Å²) in [5.41, 5.74) is 1.71. The van der Waals surface area contributed by atoms with Crippen LogP contribution in [0.2, 0.25) is 5.02 Å². The van der Waals surface area contributed by atoms with Crippen molar-refractivity contribution < 1.29 is 9.66 Å². The maximum absolute atomic E-state index is 13.3. The lowest BCUT2D eigenvalue weighted by Gasteiger charge is -2.11. The van der Waals surface area contributed by atoms with Gasteiger partial charge in [0.15, 0.2) is 0 Å². The monoisotopic (exact) mass is 568 g/mol. The number of halogens is 2. The highest BCUT2D eigenvalue weighted by molar-refractivity contribution is 9.10. The normalized spacial score (nSPS) is 11.3. The minimum absolute atomic E-state index is 0.0124. The van der Waals surface area contributed by atoms with E-state index in [0.29, 0.717) is 39.5 Å². The number of hydrogen-bond donors (Lipinski definition) is 0. The summed E-state index contributed by atoms with van der Waals surface area (Å²) in [7, 11) is 0. The molecule has 3 aromatic carbocycles. The lowest BCUT2D eigenvalue weighted by atomic mass is 10.2. The van der Waals surface area contributed by atoms with E-state index >= 15 is 0 Å². The Morgan fingerprint density at radius 1 is 1.17 bits per heavy atom. The van der Waals surface area contributed by atoms with Crippen LogP contribution in [-0.2, 0) is 13.0 Å². The Hall–Kier alpha value is -3.56. The van der Waals surface area contributed by atoms with Crippen molar-refractivity contribution in [1.82, 2.24) is 9.66 Å². The maximum Gasteiger partial charge on any atom is 0.282 e. The molecule has 0 aliphatic heterocycles. The summed E-state index contributed by atoms with van der Waals surface area (Å²) >= 11 is 9.64. The van der Waals surface area contributed by atoms with Crippen molar-refractivity contribution >= 4 is 50.3 Å². The Morgan fingerprint density at radius 2 is 1.94 bits per heavy atom. The average molecular weight is 570 g/mol. The molecule has 1 aromatic heterocycles. The number of fused-ring (bicyclic) bond motifs is 1. The van der Waals surface area contributed by atoms with Crippen LogP contribution in [0.1, 0.15) is 36.7 Å². The number of hydrogen-bond acceptors (Lipinski definition) is 6. The van der Waals surface area contributed by atoms with Crippen LogP contribution in [0, 0.1) is 10.1 Å². The van der Waals surface area contributed by atoms with E-state index in [1.54, 1.807) is 36.4 Å². The minimum atomic E-state index is -0.449. The van der Waals surface area contributed by atoms with Crippen molar-refractivity contribution in [3.8, 4) is 5.75 Å². The number of aryl methyl sites for hydroxylation is 1. The van der Waals surface area contributed by atoms with Crippen LogP contribution in [0.3, 0.4) is 0 Å². The van der Waals surface area contributed by atoms with Crippen LogP contribution in [0.5, 0.6) is 5.75 Å². The van der Waals surface area contributed by atoms with E-state index in [1.807, 2.05) is 12.1 Å². The number of nitro benzene ring substituents is 1. The van der Waals surface area contributed by atoms with E-state index in [-0.39, 0.29) is 17.9 Å². The fourth-order valence-electron chi connectivity index (χ4n) is 3.56. The van der Waals surface area contributed by atoms with Crippen LogP contribution >= 0.6 is 27.5 Å². The van der Waals surface area contributed by atoms with Crippen LogP contribution in [0.25, 0.3) is 10.9 Å². The number of ether oxygens (including phenoxy) is 1. The third kappa shape index (κ3) is 5.98. The van der Waals surface area contributed by atoms with Crippen molar-refractivity contribution in [2.24, 2.45) is 5.10 Å². The predicted molar refractivity (Wildman–Crippen MR) is 144 cm³/mol. The number of non-ortho nitro benzene ring substituents is 1. The first-order chi connectivity index (χ1) is 17.4. The van der Waals surface area contributed by atoms with Gasteiger partial charge in [-0.15, -0.1) is 0 Å². The van der Waals surface area contributed by atoms with Crippen LogP contribution in [0.15, 0.2) is 75.0 Å². The predicted octanol–water partition coefficient (Wildman–Crippen LogP) is 6.52. The second-order valence-corrected chi connectivity index (χ2v) is 9.40. The molecule has 0 unspecified atom stereocenters. The minimum Gasteiger partial charge on any atom is -0.488 e. The van der Waals surface area contributed by atoms with Gasteiger partial charge < -0.3 is 4.74 Å². The quantitative estimate of drug-likeness (QED) is 0.130. The van der Waals surface area contributed by atoms with E-state index in [1.165, 1.54) is 23.0 Å². The van der Waals surface area contributed by atoms with Crippen LogP contribution in [0.4, 0.5) is 5.69 Å². The summed E-state index contributed by atoms with van der Waals surface area (Å²) in [6, 6.07) is 16.6. The van der Waals surface area contributed by atoms with Gasteiger partial charge in [-0.2, -0.15) is 9.78 Å². The number of nitro groups is 1. The molecule has 0 spiro atoms. The van der Waals surface area contributed by atoms with Gasteiger partial charge in [0.05, 0.1) is 22.0 Å². The van der Waals surface area contributed by atoms with Gasteiger partial charge >= 0.3 is 0 Å². The van der Waals surface area contributed by atoms with Crippen molar-refractivity contribution in [2.45, 2.75) is 32.8 Å². The molecule has 0 bridgehead atoms. The summed E-state index contributed by atoms with van der Waals surface area (Å²) in [6.07, 6.45) is 3.95. The summed E-state index contributed by atoms with van der Waals surface area (Å²) in [4.78, 5) is 28.4. The average Bonchev–Trinajstić information content (AvgIpc) is 2.87. The highest BCUT2D eigenvalue weighted by Gasteiger charge is 2.12. The zero-order valence-electron chi connectivity index (χ0n) is 19.4. The van der Waals surface area contributed by atoms with Gasteiger partial charge in [-0.05, 0) is 60.5 Å². The Labute approximate surface area is 220 Å². The van der Waals surface area contributed by atoms with Crippen molar-refractivity contribution in [3.05, 3.63) is 108 Å². The van der Waals surface area contributed by atoms with E-state index in [4.69, 9.17) is 16.3 Å². The first-order valence-electron chi connectivity index (χ1n) is 11.3. The van der Waals surface area contributed by atoms with Gasteiger partial charge in [0.1, 0.15) is 18.2 Å². The third-order valence-electron chi connectivity index (χ3n) is 5.45. The van der Waals surface area contributed by atoms with Gasteiger partial charge in [0, 0.05) is 33.6 Å². The Morgan fingerprint density at radius 3 is 2.67 bits per heavy atom. The molecule has 0 saturated heterocycles. The first-order valence-corrected chi connectivity index (χ1v) is 12.4. The number of aromatic nitrogens is 2. The van der Waals surface area contributed by atoms with E-state index in [0.717, 1.165) is 22.9 Å². The van der Waals surface area contributed by atoms with Crippen molar-refractivity contribution in [1.29, 1.82) is 0 Å². The zero-order chi connectivity index (χ0) is 25.7. The standard InChI is InChI=1S/C26H22BrClN4O4/c1-2-3-4-25-30-23-11-7-19(27)14-22(23)26(33)31(25)29-15-18-13-20(28)8-12-24(18)36-16-17-5-9-21(10-6-17)32(34)35/h5-15H,2-4,16H2,1H3. The molecular formula is C26H22BrClN4O4. The number of benzene rings is 3. The molecule has 184 valence electrons. The van der Waals surface area contributed by atoms with E-state index < -0.39 is 4.92 Å². The third-order valence-corrected chi connectivity index (χ3v) is 6.18. The molecule has 0 radical (unpaired) electrons. The first kappa shape index (κ1) is 25.5. The zero-order valence-corrected chi connectivity index (χ0v) is 21.7. The lowest BCUT2D eigenvalue weighted by molar-refractivity contribution is -0.384. The second-order valence-electron chi connectivity index (χ2n) is 8.05. The van der Waals surface area contributed by atoms with E-state index in [9.17, 15) is 14.9 Å². The van der Waals surface area contributed by atoms with Gasteiger partial charge in [0.25, 0.3) is 11.2 Å². The molecule has 36 heavy (non-hydrogen) atoms. The summed E-state index contributed by atoms with van der Waals surface area (Å²) in [6.45, 7) is 2.26. The van der Waals surface area contributed by atoms with Gasteiger partial charge in [-0.3, -0.25) is 14.9 Å². The topological polar surface area (TPSA) is 99.6 Å². The maximum atomic E-state index is 13.3. The molecule has 4 rings (SSSR count). The molecule has 0 atom stereocenters. The van der Waals surface area contributed by atoms with Gasteiger partial charge in [-0.1, -0.05) is 40.9 Å². The smallest absolute Gasteiger partial charge is 0.282 e. The molecule has 4 aromatic rings. The highest BCUT2D eigenvalue weighted by atomic mass is 79.9. The Balaban J connectivity index is 1.67. The lowest BCUT2D eigenvalue weighted by Crippen LogP contribution is -2.22. The molecule has 0 saturated carbocycles. The SMILES string of the molecule is CCCCc1nc2ccc(Br)cc2c(=O)n1N=Cc1cc(Cl)ccc1OCc1ccc([N+](=O)[O-])cc1. The summed E-state index contributed by atoms with van der Waals surface area (Å²) in [5.74, 6) is 1.07. The van der Waals surface area contributed by atoms with Crippen molar-refractivity contribution in [3.63, 3.8) is 0 Å². The van der Waals surface area contributed by atoms with Crippen LogP contribution in [-0.4, -0.2) is 20.8 Å². The Bertz CT molecular complexity index is 1500. The summed E-state index contributed by atoms with van der Waals surface area (Å²) < 4.78 is 8.05. The molecule has 0 N–H and O–H groups in total. The number of unbranched alkanes of at least 4 members (excludes halogenated alkanes) is 1. The second kappa shape index (κ2) is 11.5. The van der Waals surface area contributed by atoms with Crippen molar-refractivity contribution in [2.75, 3.05) is 0 Å². The number of nitrogens with zero attached hydrogens (tertiary/aromatic N) is 4. The van der Waals surface area contributed by atoms with E-state index in [2.05, 4.69) is 32.9 Å². The molecule has 0 fully saturated rings. The van der Waals surface area contributed by atoms with Gasteiger partial charge in [-0.25, -0.2) is 4.98 Å². The highest BCUT2D eigenvalue weighted by Crippen LogP contribution is 2.23. The molecule has 0 aliphatic rings. The summed E-state index contributed by atoms with van der Waals surface area (Å²) in [5, 5.41) is 16.3. The molecule has 8 nitrogen and oxygen atoms in total. The molecular weight excluding hydrogens is 548 g/mol. The fraction of sp³-hybridized carbons (Fsp3) is 0.192. The number of rotatable bonds is 9. The molecule has 10 heteroatoms. The molecule has 0 amide bonds.